The van der Waals surface area contributed by atoms with Gasteiger partial charge in [-0.1, -0.05) is 103 Å². The monoisotopic (exact) mass is 380 g/mol. The van der Waals surface area contributed by atoms with Crippen LogP contribution in [0, 0.1) is 0 Å². The van der Waals surface area contributed by atoms with Gasteiger partial charge in [0.15, 0.2) is 0 Å². The Bertz CT molecular complexity index is 272. The number of esters is 1. The van der Waals surface area contributed by atoms with Gasteiger partial charge in [0.1, 0.15) is 6.61 Å². The number of hydrogen-bond acceptors (Lipinski definition) is 3. The van der Waals surface area contributed by atoms with E-state index in [1.807, 2.05) is 0 Å². The first-order valence-electron chi connectivity index (χ1n) is 11.0. The number of hydrogen-bond donors (Lipinski definition) is 0. The van der Waals surface area contributed by atoms with Crippen LogP contribution in [0.3, 0.4) is 0 Å². The van der Waals surface area contributed by atoms with Crippen LogP contribution < -0.4 is 0 Å². The fourth-order valence-electron chi connectivity index (χ4n) is 3.10. The molecular formula is C22H45NaO3. The zero-order valence-electron chi connectivity index (χ0n) is 17.2. The van der Waals surface area contributed by atoms with Gasteiger partial charge >= 0.3 is 35.5 Å². The standard InChI is InChI=1S/C22H44O3.Na.H/c1-3-4-5-6-7-8-9-10-11-12-13-14-15-16-17-18-19-24-20-21-25-22(2)23;;/h3-21H2,1-2H3;;. The summed E-state index contributed by atoms with van der Waals surface area (Å²) in [6.45, 7) is 5.41. The summed E-state index contributed by atoms with van der Waals surface area (Å²) in [6, 6.07) is 0. The van der Waals surface area contributed by atoms with Crippen molar-refractivity contribution in [3.05, 3.63) is 0 Å². The van der Waals surface area contributed by atoms with Crippen molar-refractivity contribution in [3.8, 4) is 0 Å². The second-order valence-corrected chi connectivity index (χ2v) is 7.26. The number of carbonyl (C=O) groups excluding carboxylic acids is 1. The molecule has 0 aliphatic rings. The van der Waals surface area contributed by atoms with Crippen molar-refractivity contribution in [1.82, 2.24) is 0 Å². The first kappa shape index (κ1) is 28.6. The molecule has 0 aromatic carbocycles. The van der Waals surface area contributed by atoms with Crippen molar-refractivity contribution in [2.45, 2.75) is 117 Å². The van der Waals surface area contributed by atoms with Crippen LogP contribution in [0.1, 0.15) is 117 Å². The minimum absolute atomic E-state index is 0. The Hall–Kier alpha value is 0.430. The van der Waals surface area contributed by atoms with Crippen molar-refractivity contribution in [2.24, 2.45) is 0 Å². The van der Waals surface area contributed by atoms with Gasteiger partial charge in [0, 0.05) is 13.5 Å². The van der Waals surface area contributed by atoms with Crippen LogP contribution in [0.25, 0.3) is 0 Å². The summed E-state index contributed by atoms with van der Waals surface area (Å²) in [5, 5.41) is 0. The molecule has 0 aliphatic heterocycles. The third-order valence-corrected chi connectivity index (χ3v) is 4.68. The summed E-state index contributed by atoms with van der Waals surface area (Å²) in [5.41, 5.74) is 0. The summed E-state index contributed by atoms with van der Waals surface area (Å²) >= 11 is 0. The molecule has 0 spiro atoms. The fourth-order valence-corrected chi connectivity index (χ4v) is 3.10. The van der Waals surface area contributed by atoms with Gasteiger partial charge < -0.3 is 9.47 Å². The number of unbranched alkanes of at least 4 members (excludes halogenated alkanes) is 15. The van der Waals surface area contributed by atoms with E-state index >= 15 is 0 Å². The van der Waals surface area contributed by atoms with Crippen LogP contribution in [-0.4, -0.2) is 55.3 Å². The summed E-state index contributed by atoms with van der Waals surface area (Å²) in [7, 11) is 0. The van der Waals surface area contributed by atoms with Crippen molar-refractivity contribution in [2.75, 3.05) is 19.8 Å². The van der Waals surface area contributed by atoms with Crippen LogP contribution >= 0.6 is 0 Å². The van der Waals surface area contributed by atoms with Gasteiger partial charge in [-0.05, 0) is 6.42 Å². The van der Waals surface area contributed by atoms with E-state index in [-0.39, 0.29) is 35.5 Å². The fraction of sp³-hybridized carbons (Fsp3) is 0.955. The summed E-state index contributed by atoms with van der Waals surface area (Å²) in [5.74, 6) is -0.231. The summed E-state index contributed by atoms with van der Waals surface area (Å²) in [6.07, 6.45) is 22.2. The molecule has 0 unspecified atom stereocenters. The van der Waals surface area contributed by atoms with Gasteiger partial charge in [0.2, 0.25) is 0 Å². The van der Waals surface area contributed by atoms with E-state index in [0.29, 0.717) is 13.2 Å². The molecule has 0 atom stereocenters. The molecule has 0 amide bonds. The second-order valence-electron chi connectivity index (χ2n) is 7.26. The molecule has 0 saturated carbocycles. The molecule has 0 saturated heterocycles. The van der Waals surface area contributed by atoms with E-state index in [2.05, 4.69) is 6.92 Å². The number of rotatable bonds is 20. The Morgan fingerprint density at radius 2 is 0.962 bits per heavy atom. The average Bonchev–Trinajstić information content (AvgIpc) is 2.60. The quantitative estimate of drug-likeness (QED) is 0.144. The Morgan fingerprint density at radius 1 is 0.577 bits per heavy atom. The maximum atomic E-state index is 10.6. The zero-order valence-corrected chi connectivity index (χ0v) is 17.2. The molecule has 26 heavy (non-hydrogen) atoms. The third kappa shape index (κ3) is 26.7. The Labute approximate surface area is 185 Å². The molecule has 0 rings (SSSR count). The molecule has 0 radical (unpaired) electrons. The van der Waals surface area contributed by atoms with Crippen LogP contribution in [0.4, 0.5) is 0 Å². The normalized spacial score (nSPS) is 10.5. The number of ether oxygens (including phenoxy) is 2. The Kier molecular flexibility index (Phi) is 28.0. The molecule has 152 valence electrons. The summed E-state index contributed by atoms with van der Waals surface area (Å²) < 4.78 is 10.2. The van der Waals surface area contributed by atoms with Crippen LogP contribution in [0.15, 0.2) is 0 Å². The molecule has 0 N–H and O–H groups in total. The minimum atomic E-state index is -0.231. The molecular weight excluding hydrogens is 335 g/mol. The van der Waals surface area contributed by atoms with Crippen molar-refractivity contribution in [1.29, 1.82) is 0 Å². The van der Waals surface area contributed by atoms with Gasteiger partial charge in [-0.3, -0.25) is 4.79 Å². The van der Waals surface area contributed by atoms with Crippen LogP contribution in [-0.2, 0) is 14.3 Å². The van der Waals surface area contributed by atoms with Crippen molar-refractivity contribution >= 4 is 35.5 Å². The molecule has 4 heteroatoms. The predicted molar refractivity (Wildman–Crippen MR) is 114 cm³/mol. The van der Waals surface area contributed by atoms with Gasteiger partial charge in [0.05, 0.1) is 6.61 Å². The van der Waals surface area contributed by atoms with E-state index in [0.717, 1.165) is 13.0 Å². The first-order valence-corrected chi connectivity index (χ1v) is 11.0. The van der Waals surface area contributed by atoms with E-state index in [1.54, 1.807) is 0 Å². The SMILES string of the molecule is CCCCCCCCCCCCCCCCCCOCCOC(C)=O.[NaH]. The van der Waals surface area contributed by atoms with E-state index < -0.39 is 0 Å². The Morgan fingerprint density at radius 3 is 1.35 bits per heavy atom. The topological polar surface area (TPSA) is 35.5 Å². The van der Waals surface area contributed by atoms with E-state index in [9.17, 15) is 4.79 Å². The van der Waals surface area contributed by atoms with Gasteiger partial charge in [0.25, 0.3) is 0 Å². The third-order valence-electron chi connectivity index (χ3n) is 4.68. The average molecular weight is 381 g/mol. The molecule has 0 aromatic heterocycles. The summed E-state index contributed by atoms with van der Waals surface area (Å²) in [4.78, 5) is 10.6. The first-order chi connectivity index (χ1) is 12.3. The van der Waals surface area contributed by atoms with Crippen molar-refractivity contribution in [3.63, 3.8) is 0 Å². The van der Waals surface area contributed by atoms with E-state index in [1.165, 1.54) is 103 Å². The molecule has 0 bridgehead atoms. The molecule has 0 heterocycles. The van der Waals surface area contributed by atoms with Crippen LogP contribution in [0.2, 0.25) is 0 Å². The van der Waals surface area contributed by atoms with Gasteiger partial charge in [-0.15, -0.1) is 0 Å². The van der Waals surface area contributed by atoms with Crippen LogP contribution in [0.5, 0.6) is 0 Å². The molecule has 0 fully saturated rings. The van der Waals surface area contributed by atoms with Gasteiger partial charge in [-0.25, -0.2) is 0 Å². The predicted octanol–water partition coefficient (Wildman–Crippen LogP) is 6.18. The molecule has 3 nitrogen and oxygen atoms in total. The molecule has 0 aromatic rings. The maximum absolute atomic E-state index is 10.6. The van der Waals surface area contributed by atoms with Gasteiger partial charge in [-0.2, -0.15) is 0 Å². The second kappa shape index (κ2) is 25.4. The van der Waals surface area contributed by atoms with E-state index in [4.69, 9.17) is 9.47 Å². The van der Waals surface area contributed by atoms with Crippen molar-refractivity contribution < 1.29 is 14.3 Å². The molecule has 0 aliphatic carbocycles. The zero-order chi connectivity index (χ0) is 18.4. The Balaban J connectivity index is 0. The number of carbonyl (C=O) groups is 1.